The number of halogens is 1. The van der Waals surface area contributed by atoms with Crippen LogP contribution in [0.2, 0.25) is 0 Å². The third kappa shape index (κ3) is 3.13. The van der Waals surface area contributed by atoms with Crippen molar-refractivity contribution in [3.8, 4) is 0 Å². The van der Waals surface area contributed by atoms with Crippen LogP contribution in [-0.2, 0) is 6.54 Å². The molecular formula is C24H20ClN4O3+. The van der Waals surface area contributed by atoms with Gasteiger partial charge in [-0.2, -0.15) is 0 Å². The molecule has 0 aliphatic heterocycles. The Balaban J connectivity index is 1.80. The molecule has 2 N–H and O–H groups in total. The van der Waals surface area contributed by atoms with Crippen LogP contribution < -0.4 is 9.97 Å². The van der Waals surface area contributed by atoms with Gasteiger partial charge in [0.25, 0.3) is 4.66 Å². The van der Waals surface area contributed by atoms with Crippen molar-refractivity contribution in [2.24, 2.45) is 0 Å². The number of carbonyl (C=O) groups excluding carboxylic acids is 2. The molecule has 5 rings (SSSR count). The normalized spacial score (nSPS) is 12.7. The largest absolute Gasteiger partial charge is 0.355 e. The monoisotopic (exact) mass is 447 g/mol. The maximum absolute atomic E-state index is 13.5. The molecule has 0 fully saturated rings. The van der Waals surface area contributed by atoms with Crippen molar-refractivity contribution in [1.29, 1.82) is 0 Å². The van der Waals surface area contributed by atoms with E-state index in [9.17, 15) is 14.5 Å². The average Bonchev–Trinajstić information content (AvgIpc) is 3.11. The van der Waals surface area contributed by atoms with Crippen molar-refractivity contribution >= 4 is 45.6 Å². The molecule has 1 heterocycles. The minimum Gasteiger partial charge on any atom is -0.355 e. The van der Waals surface area contributed by atoms with Gasteiger partial charge in [0.15, 0.2) is 11.6 Å². The second kappa shape index (κ2) is 7.76. The van der Waals surface area contributed by atoms with E-state index in [-0.39, 0.29) is 22.7 Å². The summed E-state index contributed by atoms with van der Waals surface area (Å²) in [7, 11) is 0. The van der Waals surface area contributed by atoms with Crippen LogP contribution >= 0.6 is 11.6 Å². The summed E-state index contributed by atoms with van der Waals surface area (Å²) >= 11 is 5.84. The van der Waals surface area contributed by atoms with E-state index >= 15 is 0 Å². The number of carbonyl (C=O) groups is 2. The van der Waals surface area contributed by atoms with Crippen molar-refractivity contribution in [3.05, 3.63) is 87.3 Å². The van der Waals surface area contributed by atoms with Crippen molar-refractivity contribution in [3.63, 3.8) is 0 Å². The lowest BCUT2D eigenvalue weighted by molar-refractivity contribution is -0.649. The van der Waals surface area contributed by atoms with E-state index in [1.165, 1.54) is 4.68 Å². The number of fused-ring (bicyclic) bond motifs is 4. The van der Waals surface area contributed by atoms with Gasteiger partial charge >= 0.3 is 0 Å². The van der Waals surface area contributed by atoms with Crippen LogP contribution in [0.25, 0.3) is 11.0 Å². The Bertz CT molecular complexity index is 1450. The highest BCUT2D eigenvalue weighted by atomic mass is 35.5. The Labute approximate surface area is 188 Å². The van der Waals surface area contributed by atoms with Gasteiger partial charge in [-0.05, 0) is 31.5 Å². The highest BCUT2D eigenvalue weighted by Gasteiger charge is 2.36. The number of hydrogen-bond acceptors (Lipinski definition) is 4. The predicted octanol–water partition coefficient (Wildman–Crippen LogP) is 4.34. The van der Waals surface area contributed by atoms with Crippen LogP contribution in [0.3, 0.4) is 0 Å². The summed E-state index contributed by atoms with van der Waals surface area (Å²) < 4.78 is 2.07. The Hall–Kier alpha value is -3.71. The Morgan fingerprint density at radius 3 is 2.31 bits per heavy atom. The molecule has 8 heteroatoms. The molecule has 0 unspecified atom stereocenters. The Morgan fingerprint density at radius 1 is 1.00 bits per heavy atom. The summed E-state index contributed by atoms with van der Waals surface area (Å²) in [6, 6.07) is 16.2. The average molecular weight is 448 g/mol. The molecular weight excluding hydrogens is 428 g/mol. The summed E-state index contributed by atoms with van der Waals surface area (Å²) in [5, 5.41) is 6.01. The first-order valence-electron chi connectivity index (χ1n) is 10.3. The number of benzene rings is 3. The highest BCUT2D eigenvalue weighted by Crippen LogP contribution is 2.37. The van der Waals surface area contributed by atoms with Crippen molar-refractivity contribution < 1.29 is 14.2 Å². The van der Waals surface area contributed by atoms with Crippen LogP contribution in [0, 0.1) is 11.8 Å². The molecule has 32 heavy (non-hydrogen) atoms. The molecule has 0 saturated carbocycles. The number of hydrogen-bond donors (Lipinski definition) is 2. The number of H-pyrrole nitrogens is 1. The first kappa shape index (κ1) is 20.2. The fourth-order valence-corrected chi connectivity index (χ4v) is 4.28. The zero-order valence-corrected chi connectivity index (χ0v) is 18.1. The number of alkyl halides is 1. The first-order valence-corrected chi connectivity index (χ1v) is 10.8. The molecule has 4 aromatic rings. The quantitative estimate of drug-likeness (QED) is 0.310. The number of aryl methyl sites for hydroxylation is 2. The molecule has 0 radical (unpaired) electrons. The summed E-state index contributed by atoms with van der Waals surface area (Å²) in [5.41, 5.74) is 4.36. The van der Waals surface area contributed by atoms with Gasteiger partial charge in [-0.15, -0.1) is 11.6 Å². The lowest BCUT2D eigenvalue weighted by Crippen LogP contribution is -2.29. The molecule has 0 bridgehead atoms. The first-order chi connectivity index (χ1) is 15.5. The van der Waals surface area contributed by atoms with E-state index in [1.807, 2.05) is 31.2 Å². The predicted molar refractivity (Wildman–Crippen MR) is 123 cm³/mol. The summed E-state index contributed by atoms with van der Waals surface area (Å²) in [6.45, 7) is 2.36. The SMILES string of the molecule is Cc1ccc(Nc2cc3c([nH][n+](=O)n3CCCCl)c3c2C(=O)c2ccccc2C3=O)cc1. The Morgan fingerprint density at radius 2 is 1.66 bits per heavy atom. The Kier molecular flexibility index (Phi) is 4.90. The van der Waals surface area contributed by atoms with Crippen LogP contribution in [-0.4, -0.2) is 27.2 Å². The summed E-state index contributed by atoms with van der Waals surface area (Å²) in [6.07, 6.45) is 0.578. The number of aromatic amines is 1. The van der Waals surface area contributed by atoms with E-state index in [1.54, 1.807) is 30.3 Å². The van der Waals surface area contributed by atoms with Gasteiger partial charge in [0.05, 0.1) is 28.3 Å². The van der Waals surface area contributed by atoms with Gasteiger partial charge in [0.1, 0.15) is 11.0 Å². The molecule has 3 aromatic carbocycles. The fraction of sp³-hybridized carbons (Fsp3) is 0.167. The smallest absolute Gasteiger partial charge is 0.258 e. The number of aromatic nitrogens is 3. The van der Waals surface area contributed by atoms with Gasteiger partial charge in [-0.1, -0.05) is 51.7 Å². The van der Waals surface area contributed by atoms with Gasteiger partial charge in [-0.3, -0.25) is 9.59 Å². The van der Waals surface area contributed by atoms with E-state index in [2.05, 4.69) is 10.4 Å². The number of nitrogens with zero attached hydrogens (tertiary/aromatic N) is 2. The van der Waals surface area contributed by atoms with Crippen molar-refractivity contribution in [1.82, 2.24) is 9.78 Å². The standard InChI is InChI=1S/C24H19ClN4O3/c1-14-7-9-15(10-8-14)26-18-13-19-22(27-29(32)28(19)12-4-11-25)21-20(18)23(30)16-5-2-3-6-17(16)24(21)31/h2-3,5-10,13H,4,11-12H2,1H3,(H-,26,27,30,31,32)/p+1. The fourth-order valence-electron chi connectivity index (χ4n) is 4.16. The van der Waals surface area contributed by atoms with Crippen LogP contribution in [0.1, 0.15) is 43.8 Å². The minimum atomic E-state index is -0.293. The minimum absolute atomic E-state index is 0.204. The number of anilines is 2. The maximum atomic E-state index is 13.5. The molecule has 0 atom stereocenters. The van der Waals surface area contributed by atoms with E-state index in [0.29, 0.717) is 51.3 Å². The molecule has 1 aliphatic rings. The lowest BCUT2D eigenvalue weighted by Gasteiger charge is -2.21. The van der Waals surface area contributed by atoms with Crippen LogP contribution in [0.4, 0.5) is 11.4 Å². The third-order valence-corrected chi connectivity index (χ3v) is 5.98. The summed E-state index contributed by atoms with van der Waals surface area (Å²) in [5.74, 6) is -0.158. The van der Waals surface area contributed by atoms with Gasteiger partial charge < -0.3 is 5.32 Å². The number of ketones is 2. The molecule has 0 amide bonds. The number of nitrogens with one attached hydrogen (secondary N) is 2. The molecule has 0 saturated heterocycles. The molecule has 7 nitrogen and oxygen atoms in total. The van der Waals surface area contributed by atoms with E-state index in [4.69, 9.17) is 11.6 Å². The van der Waals surface area contributed by atoms with Crippen molar-refractivity contribution in [2.75, 3.05) is 11.2 Å². The van der Waals surface area contributed by atoms with Crippen LogP contribution in [0.5, 0.6) is 0 Å². The van der Waals surface area contributed by atoms with Crippen molar-refractivity contribution in [2.45, 2.75) is 19.9 Å². The van der Waals surface area contributed by atoms with E-state index < -0.39 is 0 Å². The second-order valence-corrected chi connectivity index (χ2v) is 8.19. The summed E-state index contributed by atoms with van der Waals surface area (Å²) in [4.78, 5) is 39.7. The van der Waals surface area contributed by atoms with Gasteiger partial charge in [0.2, 0.25) is 0 Å². The van der Waals surface area contributed by atoms with Crippen LogP contribution in [0.15, 0.2) is 54.6 Å². The second-order valence-electron chi connectivity index (χ2n) is 7.81. The molecule has 0 spiro atoms. The zero-order chi connectivity index (χ0) is 22.4. The maximum Gasteiger partial charge on any atom is 0.258 e. The van der Waals surface area contributed by atoms with E-state index in [0.717, 1.165) is 11.3 Å². The van der Waals surface area contributed by atoms with Gasteiger partial charge in [-0.25, -0.2) is 0 Å². The third-order valence-electron chi connectivity index (χ3n) is 5.72. The lowest BCUT2D eigenvalue weighted by atomic mass is 9.82. The van der Waals surface area contributed by atoms with Gasteiger partial charge in [0, 0.05) is 22.7 Å². The topological polar surface area (TPSA) is 89.9 Å². The molecule has 160 valence electrons. The molecule has 1 aromatic heterocycles. The highest BCUT2D eigenvalue weighted by molar-refractivity contribution is 6.33. The molecule has 1 aliphatic carbocycles. The zero-order valence-electron chi connectivity index (χ0n) is 17.3. The number of rotatable bonds is 5.